The van der Waals surface area contributed by atoms with Gasteiger partial charge >= 0.3 is 11.9 Å². The van der Waals surface area contributed by atoms with Gasteiger partial charge in [-0.2, -0.15) is 0 Å². The largest absolute Gasteiger partial charge is 0.465 e. The molecule has 0 fully saturated rings. The Morgan fingerprint density at radius 3 is 2.48 bits per heavy atom. The van der Waals surface area contributed by atoms with E-state index < -0.39 is 22.0 Å². The lowest BCUT2D eigenvalue weighted by Gasteiger charge is -2.08. The first-order valence-corrected chi connectivity index (χ1v) is 12.2. The number of thioether (sulfide) groups is 1. The highest BCUT2D eigenvalue weighted by molar-refractivity contribution is 7.98. The zero-order chi connectivity index (χ0) is 22.9. The van der Waals surface area contributed by atoms with E-state index in [0.717, 1.165) is 16.9 Å². The average Bonchev–Trinajstić information content (AvgIpc) is 3.26. The van der Waals surface area contributed by atoms with Crippen LogP contribution in [0.1, 0.15) is 32.5 Å². The third-order valence-corrected chi connectivity index (χ3v) is 7.42. The van der Waals surface area contributed by atoms with Crippen LogP contribution in [-0.2, 0) is 31.8 Å². The lowest BCUT2D eigenvalue weighted by molar-refractivity contribution is 0.0601. The Morgan fingerprint density at radius 2 is 1.90 bits per heavy atom. The molecule has 0 saturated carbocycles. The molecule has 0 spiro atoms. The van der Waals surface area contributed by atoms with Gasteiger partial charge in [-0.25, -0.2) is 28.1 Å². The molecule has 3 aromatic rings. The molecule has 10 nitrogen and oxygen atoms in total. The number of nitrogen functional groups attached to an aromatic ring is 1. The molecule has 0 amide bonds. The highest BCUT2D eigenvalue weighted by Crippen LogP contribution is 2.37. The Kier molecular flexibility index (Phi) is 6.59. The van der Waals surface area contributed by atoms with Crippen LogP contribution in [0.2, 0.25) is 0 Å². The zero-order valence-corrected chi connectivity index (χ0v) is 19.3. The predicted molar refractivity (Wildman–Crippen MR) is 118 cm³/mol. The number of ether oxygens (including phenoxy) is 2. The highest BCUT2D eigenvalue weighted by atomic mass is 32.2. The molecule has 1 aromatic carbocycles. The minimum atomic E-state index is -3.86. The Hall–Kier alpha value is -2.61. The fourth-order valence-electron chi connectivity index (χ4n) is 3.02. The van der Waals surface area contributed by atoms with Crippen molar-refractivity contribution in [1.82, 2.24) is 9.55 Å². The molecule has 2 aromatic heterocycles. The van der Waals surface area contributed by atoms with Gasteiger partial charge in [0.2, 0.25) is 10.0 Å². The molecular weight excluding hydrogens is 464 g/mol. The summed E-state index contributed by atoms with van der Waals surface area (Å²) < 4.78 is 34.8. The Labute approximate surface area is 186 Å². The third kappa shape index (κ3) is 4.39. The van der Waals surface area contributed by atoms with Crippen LogP contribution < -0.4 is 10.9 Å². The second-order valence-electron chi connectivity index (χ2n) is 6.25. The number of hydrogen-bond donors (Lipinski definition) is 2. The van der Waals surface area contributed by atoms with Gasteiger partial charge in [-0.15, -0.1) is 11.3 Å². The number of carbonyl (C=O) groups is 2. The van der Waals surface area contributed by atoms with E-state index in [4.69, 9.17) is 20.3 Å². The molecule has 0 aliphatic heterocycles. The van der Waals surface area contributed by atoms with E-state index in [9.17, 15) is 18.0 Å². The number of fused-ring (bicyclic) bond motifs is 1. The number of primary sulfonamides is 1. The fraction of sp³-hybridized carbons (Fsp3) is 0.278. The molecule has 0 aliphatic rings. The normalized spacial score (nSPS) is 11.6. The lowest BCUT2D eigenvalue weighted by Crippen LogP contribution is -2.11. The van der Waals surface area contributed by atoms with Gasteiger partial charge in [0.1, 0.15) is 9.88 Å². The van der Waals surface area contributed by atoms with E-state index in [1.165, 1.54) is 38.1 Å². The second-order valence-corrected chi connectivity index (χ2v) is 9.81. The van der Waals surface area contributed by atoms with Crippen molar-refractivity contribution in [3.05, 3.63) is 34.2 Å². The van der Waals surface area contributed by atoms with Gasteiger partial charge in [-0.05, 0) is 25.1 Å². The number of nitrogens with two attached hydrogens (primary N) is 2. The van der Waals surface area contributed by atoms with Crippen molar-refractivity contribution in [2.75, 3.05) is 20.0 Å². The standard InChI is InChI=1S/C18H20N4O6S3/c1-4-22-12-6-5-9(31(20,25)26)7-11(12)21-18(22)29-8-10-13(16(23)27-2)15(19)30-14(10)17(24)28-3/h5-7H,4,8,19H2,1-3H3,(H2,20,25,26). The second kappa shape index (κ2) is 8.86. The van der Waals surface area contributed by atoms with E-state index in [1.54, 1.807) is 6.07 Å². The van der Waals surface area contributed by atoms with E-state index in [1.807, 2.05) is 11.5 Å². The van der Waals surface area contributed by atoms with Crippen molar-refractivity contribution in [2.45, 2.75) is 29.3 Å². The van der Waals surface area contributed by atoms with Crippen LogP contribution in [0, 0.1) is 0 Å². The zero-order valence-electron chi connectivity index (χ0n) is 16.9. The molecule has 3 rings (SSSR count). The minimum Gasteiger partial charge on any atom is -0.465 e. The molecule has 166 valence electrons. The number of esters is 2. The molecule has 0 saturated heterocycles. The average molecular weight is 485 g/mol. The van der Waals surface area contributed by atoms with Gasteiger partial charge in [0.15, 0.2) is 5.16 Å². The number of methoxy groups -OCH3 is 2. The molecular formula is C18H20N4O6S3. The van der Waals surface area contributed by atoms with Gasteiger partial charge < -0.3 is 19.8 Å². The van der Waals surface area contributed by atoms with Gasteiger partial charge in [-0.1, -0.05) is 11.8 Å². The lowest BCUT2D eigenvalue weighted by atomic mass is 10.1. The van der Waals surface area contributed by atoms with Crippen molar-refractivity contribution in [3.63, 3.8) is 0 Å². The number of benzene rings is 1. The molecule has 0 aliphatic carbocycles. The number of aryl methyl sites for hydroxylation is 1. The Bertz CT molecular complexity index is 1280. The summed E-state index contributed by atoms with van der Waals surface area (Å²) in [5, 5.41) is 5.94. The van der Waals surface area contributed by atoms with Crippen LogP contribution in [0.5, 0.6) is 0 Å². The van der Waals surface area contributed by atoms with E-state index in [0.29, 0.717) is 22.8 Å². The van der Waals surface area contributed by atoms with Crippen LogP contribution in [0.4, 0.5) is 5.00 Å². The summed E-state index contributed by atoms with van der Waals surface area (Å²) >= 11 is 2.22. The maximum atomic E-state index is 12.2. The SMILES string of the molecule is CCn1c(SCc2c(C(=O)OC)sc(N)c2C(=O)OC)nc2cc(S(N)(=O)=O)ccc21. The van der Waals surface area contributed by atoms with Gasteiger partial charge in [0, 0.05) is 17.9 Å². The number of nitrogens with zero attached hydrogens (tertiary/aromatic N) is 2. The van der Waals surface area contributed by atoms with Crippen LogP contribution in [0.25, 0.3) is 11.0 Å². The van der Waals surface area contributed by atoms with Crippen LogP contribution in [0.3, 0.4) is 0 Å². The number of sulfonamides is 1. The summed E-state index contributed by atoms with van der Waals surface area (Å²) in [6.07, 6.45) is 0. The number of imidazole rings is 1. The van der Waals surface area contributed by atoms with Crippen molar-refractivity contribution < 1.29 is 27.5 Å². The summed E-state index contributed by atoms with van der Waals surface area (Å²) in [5.41, 5.74) is 7.67. The van der Waals surface area contributed by atoms with Crippen molar-refractivity contribution >= 4 is 61.1 Å². The van der Waals surface area contributed by atoms with Crippen LogP contribution in [0.15, 0.2) is 28.3 Å². The van der Waals surface area contributed by atoms with Gasteiger partial charge in [0.25, 0.3) is 0 Å². The summed E-state index contributed by atoms with van der Waals surface area (Å²) in [7, 11) is -1.39. The van der Waals surface area contributed by atoms with Crippen LogP contribution in [-0.4, -0.2) is 44.1 Å². The summed E-state index contributed by atoms with van der Waals surface area (Å²) in [5.74, 6) is -1.07. The van der Waals surface area contributed by atoms with Gasteiger partial charge in [0.05, 0.1) is 35.7 Å². The summed E-state index contributed by atoms with van der Waals surface area (Å²) in [4.78, 5) is 29.1. The van der Waals surface area contributed by atoms with E-state index in [2.05, 4.69) is 4.98 Å². The highest BCUT2D eigenvalue weighted by Gasteiger charge is 2.27. The number of rotatable bonds is 7. The Balaban J connectivity index is 2.04. The van der Waals surface area contributed by atoms with Crippen molar-refractivity contribution in [3.8, 4) is 0 Å². The fourth-order valence-corrected chi connectivity index (χ4v) is 5.75. The summed E-state index contributed by atoms with van der Waals surface area (Å²) in [6, 6.07) is 4.46. The maximum absolute atomic E-state index is 12.2. The molecule has 0 bridgehead atoms. The monoisotopic (exact) mass is 484 g/mol. The first-order valence-electron chi connectivity index (χ1n) is 8.86. The third-order valence-electron chi connectivity index (χ3n) is 4.47. The molecule has 0 radical (unpaired) electrons. The maximum Gasteiger partial charge on any atom is 0.348 e. The number of hydrogen-bond acceptors (Lipinski definition) is 10. The summed E-state index contributed by atoms with van der Waals surface area (Å²) in [6.45, 7) is 2.48. The number of thiophene rings is 1. The van der Waals surface area contributed by atoms with E-state index in [-0.39, 0.29) is 26.1 Å². The first-order chi connectivity index (χ1) is 14.6. The smallest absolute Gasteiger partial charge is 0.348 e. The van der Waals surface area contributed by atoms with Crippen LogP contribution >= 0.6 is 23.1 Å². The first kappa shape index (κ1) is 23.1. The minimum absolute atomic E-state index is 0.0381. The molecule has 2 heterocycles. The molecule has 13 heteroatoms. The Morgan fingerprint density at radius 1 is 1.23 bits per heavy atom. The number of carbonyl (C=O) groups excluding carboxylic acids is 2. The topological polar surface area (TPSA) is 157 Å². The molecule has 4 N–H and O–H groups in total. The number of aromatic nitrogens is 2. The van der Waals surface area contributed by atoms with Crippen molar-refractivity contribution in [2.24, 2.45) is 5.14 Å². The number of anilines is 1. The molecule has 0 atom stereocenters. The molecule has 0 unspecified atom stereocenters. The predicted octanol–water partition coefficient (Wildman–Crippen LogP) is 2.21. The van der Waals surface area contributed by atoms with E-state index >= 15 is 0 Å². The quantitative estimate of drug-likeness (QED) is 0.379. The molecule has 31 heavy (non-hydrogen) atoms. The van der Waals surface area contributed by atoms with Gasteiger partial charge in [-0.3, -0.25) is 0 Å². The van der Waals surface area contributed by atoms with Crippen molar-refractivity contribution in [1.29, 1.82) is 0 Å².